The molecule has 0 unspecified atom stereocenters. The van der Waals surface area contributed by atoms with E-state index < -0.39 is 0 Å². The molecule has 0 fully saturated rings. The van der Waals surface area contributed by atoms with Gasteiger partial charge in [0, 0.05) is 5.56 Å². The molecular formula is C15H12O3. The van der Waals surface area contributed by atoms with Crippen LogP contribution in [0.2, 0.25) is 0 Å². The molecule has 2 aromatic rings. The maximum Gasteiger partial charge on any atom is 0.170 e. The molecule has 1 aliphatic heterocycles. The maximum absolute atomic E-state index is 9.32. The molecule has 1 N–H and O–H groups in total. The van der Waals surface area contributed by atoms with E-state index in [4.69, 9.17) is 9.47 Å². The van der Waals surface area contributed by atoms with Crippen molar-refractivity contribution in [2.24, 2.45) is 0 Å². The van der Waals surface area contributed by atoms with Crippen LogP contribution < -0.4 is 9.47 Å². The van der Waals surface area contributed by atoms with E-state index in [1.807, 2.05) is 48.5 Å². The van der Waals surface area contributed by atoms with Gasteiger partial charge in [0.2, 0.25) is 0 Å². The van der Waals surface area contributed by atoms with E-state index in [1.165, 1.54) is 0 Å². The van der Waals surface area contributed by atoms with Crippen LogP contribution in [0.3, 0.4) is 0 Å². The molecule has 18 heavy (non-hydrogen) atoms. The fourth-order valence-electron chi connectivity index (χ4n) is 1.91. The summed E-state index contributed by atoms with van der Waals surface area (Å²) in [6.07, 6.45) is 1.57. The summed E-state index contributed by atoms with van der Waals surface area (Å²) >= 11 is 0. The molecule has 1 heterocycles. The number of hydrogen-bond acceptors (Lipinski definition) is 3. The molecule has 0 saturated carbocycles. The van der Waals surface area contributed by atoms with Gasteiger partial charge < -0.3 is 14.6 Å². The van der Waals surface area contributed by atoms with Gasteiger partial charge in [0.05, 0.1) is 6.61 Å². The Hall–Kier alpha value is -2.26. The lowest BCUT2D eigenvalue weighted by Gasteiger charge is -2.19. The van der Waals surface area contributed by atoms with Crippen LogP contribution in [0.4, 0.5) is 0 Å². The number of fused-ring (bicyclic) bond motifs is 1. The summed E-state index contributed by atoms with van der Waals surface area (Å²) in [7, 11) is 0. The van der Waals surface area contributed by atoms with E-state index in [1.54, 1.807) is 6.26 Å². The van der Waals surface area contributed by atoms with Gasteiger partial charge in [-0.05, 0) is 17.7 Å². The quantitative estimate of drug-likeness (QED) is 0.877. The summed E-state index contributed by atoms with van der Waals surface area (Å²) in [6.45, 7) is -0.0292. The molecule has 0 aliphatic carbocycles. The Labute approximate surface area is 105 Å². The van der Waals surface area contributed by atoms with Crippen LogP contribution in [0, 0.1) is 0 Å². The van der Waals surface area contributed by atoms with Crippen LogP contribution in [0.1, 0.15) is 11.1 Å². The summed E-state index contributed by atoms with van der Waals surface area (Å²) in [5, 5.41) is 9.32. The predicted octanol–water partition coefficient (Wildman–Crippen LogP) is 2.95. The lowest BCUT2D eigenvalue weighted by molar-refractivity contribution is 0.280. The molecule has 0 amide bonds. The molecule has 3 rings (SSSR count). The van der Waals surface area contributed by atoms with Crippen molar-refractivity contribution < 1.29 is 14.6 Å². The molecule has 0 radical (unpaired) electrons. The van der Waals surface area contributed by atoms with Gasteiger partial charge in [-0.25, -0.2) is 0 Å². The van der Waals surface area contributed by atoms with Crippen LogP contribution in [0.25, 0.3) is 5.76 Å². The number of hydrogen-bond donors (Lipinski definition) is 1. The standard InChI is InChI=1S/C15H12O3/c16-9-11-5-1-2-6-12(11)15-10-17-13-7-3-4-8-14(13)18-15/h1-8,10,16H,9H2. The molecule has 2 aromatic carbocycles. The van der Waals surface area contributed by atoms with Gasteiger partial charge in [-0.2, -0.15) is 0 Å². The summed E-state index contributed by atoms with van der Waals surface area (Å²) in [5.74, 6) is 1.99. The second-order valence-electron chi connectivity index (χ2n) is 3.96. The Morgan fingerprint density at radius 2 is 1.61 bits per heavy atom. The normalized spacial score (nSPS) is 13.1. The third kappa shape index (κ3) is 1.85. The van der Waals surface area contributed by atoms with Gasteiger partial charge in [-0.1, -0.05) is 36.4 Å². The van der Waals surface area contributed by atoms with Crippen molar-refractivity contribution in [1.82, 2.24) is 0 Å². The Kier molecular flexibility index (Phi) is 2.74. The topological polar surface area (TPSA) is 38.7 Å². The summed E-state index contributed by atoms with van der Waals surface area (Å²) in [6, 6.07) is 15.0. The predicted molar refractivity (Wildman–Crippen MR) is 68.0 cm³/mol. The Balaban J connectivity index is 1.98. The first-order chi connectivity index (χ1) is 8.88. The van der Waals surface area contributed by atoms with Crippen molar-refractivity contribution in [3.8, 4) is 11.5 Å². The Morgan fingerprint density at radius 1 is 0.889 bits per heavy atom. The van der Waals surface area contributed by atoms with Crippen LogP contribution in [0.5, 0.6) is 11.5 Å². The molecule has 1 aliphatic rings. The Morgan fingerprint density at radius 3 is 2.44 bits per heavy atom. The molecule has 0 bridgehead atoms. The number of para-hydroxylation sites is 2. The van der Waals surface area contributed by atoms with Gasteiger partial charge in [-0.3, -0.25) is 0 Å². The van der Waals surface area contributed by atoms with Crippen LogP contribution in [0.15, 0.2) is 54.8 Å². The molecule has 3 heteroatoms. The van der Waals surface area contributed by atoms with Crippen molar-refractivity contribution in [3.05, 3.63) is 65.9 Å². The molecule has 0 spiro atoms. The van der Waals surface area contributed by atoms with E-state index in [0.29, 0.717) is 17.3 Å². The van der Waals surface area contributed by atoms with E-state index in [-0.39, 0.29) is 6.61 Å². The highest BCUT2D eigenvalue weighted by atomic mass is 16.6. The lowest BCUT2D eigenvalue weighted by atomic mass is 10.1. The first-order valence-corrected chi connectivity index (χ1v) is 5.71. The second-order valence-corrected chi connectivity index (χ2v) is 3.96. The lowest BCUT2D eigenvalue weighted by Crippen LogP contribution is -2.06. The molecule has 0 atom stereocenters. The number of benzene rings is 2. The number of rotatable bonds is 2. The smallest absolute Gasteiger partial charge is 0.170 e. The number of aliphatic hydroxyl groups excluding tert-OH is 1. The van der Waals surface area contributed by atoms with Crippen molar-refractivity contribution in [2.45, 2.75) is 6.61 Å². The van der Waals surface area contributed by atoms with Crippen molar-refractivity contribution in [3.63, 3.8) is 0 Å². The van der Waals surface area contributed by atoms with Crippen molar-refractivity contribution in [2.75, 3.05) is 0 Å². The number of ether oxygens (including phenoxy) is 2. The zero-order chi connectivity index (χ0) is 12.4. The van der Waals surface area contributed by atoms with Gasteiger partial charge in [-0.15, -0.1) is 0 Å². The van der Waals surface area contributed by atoms with Crippen molar-refractivity contribution >= 4 is 5.76 Å². The van der Waals surface area contributed by atoms with Gasteiger partial charge in [0.1, 0.15) is 6.26 Å². The molecular weight excluding hydrogens is 228 g/mol. The second kappa shape index (κ2) is 4.55. The largest absolute Gasteiger partial charge is 0.457 e. The third-order valence-corrected chi connectivity index (χ3v) is 2.82. The fraction of sp³-hybridized carbons (Fsp3) is 0.0667. The molecule has 90 valence electrons. The zero-order valence-electron chi connectivity index (χ0n) is 9.67. The van der Waals surface area contributed by atoms with Gasteiger partial charge in [0.25, 0.3) is 0 Å². The van der Waals surface area contributed by atoms with Crippen LogP contribution in [-0.4, -0.2) is 5.11 Å². The van der Waals surface area contributed by atoms with Crippen LogP contribution >= 0.6 is 0 Å². The van der Waals surface area contributed by atoms with E-state index >= 15 is 0 Å². The van der Waals surface area contributed by atoms with Crippen LogP contribution in [-0.2, 0) is 6.61 Å². The highest BCUT2D eigenvalue weighted by Gasteiger charge is 2.16. The first-order valence-electron chi connectivity index (χ1n) is 5.71. The highest BCUT2D eigenvalue weighted by molar-refractivity contribution is 5.67. The maximum atomic E-state index is 9.32. The van der Waals surface area contributed by atoms with Crippen molar-refractivity contribution in [1.29, 1.82) is 0 Å². The minimum absolute atomic E-state index is 0.0292. The summed E-state index contributed by atoms with van der Waals surface area (Å²) in [4.78, 5) is 0. The summed E-state index contributed by atoms with van der Waals surface area (Å²) in [5.41, 5.74) is 1.65. The fourth-order valence-corrected chi connectivity index (χ4v) is 1.91. The molecule has 0 saturated heterocycles. The molecule has 0 aromatic heterocycles. The van der Waals surface area contributed by atoms with E-state index in [2.05, 4.69) is 0 Å². The van der Waals surface area contributed by atoms with Gasteiger partial charge in [0.15, 0.2) is 17.3 Å². The van der Waals surface area contributed by atoms with E-state index in [9.17, 15) is 5.11 Å². The Bertz CT molecular complexity index is 602. The third-order valence-electron chi connectivity index (χ3n) is 2.82. The first kappa shape index (κ1) is 10.9. The highest BCUT2D eigenvalue weighted by Crippen LogP contribution is 2.35. The van der Waals surface area contributed by atoms with E-state index in [0.717, 1.165) is 11.1 Å². The minimum atomic E-state index is -0.0292. The zero-order valence-corrected chi connectivity index (χ0v) is 9.67. The minimum Gasteiger partial charge on any atom is -0.457 e. The summed E-state index contributed by atoms with van der Waals surface area (Å²) < 4.78 is 11.3. The molecule has 3 nitrogen and oxygen atoms in total. The van der Waals surface area contributed by atoms with Gasteiger partial charge >= 0.3 is 0 Å². The monoisotopic (exact) mass is 240 g/mol. The average molecular weight is 240 g/mol. The SMILES string of the molecule is OCc1ccccc1C1=COc2ccccc2O1. The average Bonchev–Trinajstić information content (AvgIpc) is 2.46. The number of aliphatic hydroxyl groups is 1.